The van der Waals surface area contributed by atoms with Crippen molar-refractivity contribution in [3.8, 4) is 0 Å². The van der Waals surface area contributed by atoms with Crippen LogP contribution in [0.1, 0.15) is 65.0 Å². The van der Waals surface area contributed by atoms with Crippen molar-refractivity contribution in [3.05, 3.63) is 24.0 Å². The second-order valence-corrected chi connectivity index (χ2v) is 7.99. The summed E-state index contributed by atoms with van der Waals surface area (Å²) < 4.78 is 2.06. The molecular formula is C21H35N3O2. The highest BCUT2D eigenvalue weighted by Gasteiger charge is 2.34. The minimum atomic E-state index is 0.0817. The third kappa shape index (κ3) is 6.19. The quantitative estimate of drug-likeness (QED) is 0.566. The molecule has 0 radical (unpaired) electrons. The Morgan fingerprint density at radius 1 is 1.23 bits per heavy atom. The van der Waals surface area contributed by atoms with Crippen molar-refractivity contribution in [2.45, 2.75) is 71.9 Å². The third-order valence-electron chi connectivity index (χ3n) is 4.95. The average Bonchev–Trinajstić information content (AvgIpc) is 3.34. The summed E-state index contributed by atoms with van der Waals surface area (Å²) in [4.78, 5) is 29.4. The number of carbonyl (C=O) groups is 2. The van der Waals surface area contributed by atoms with Crippen LogP contribution in [-0.2, 0) is 23.2 Å². The van der Waals surface area contributed by atoms with Gasteiger partial charge in [0.2, 0.25) is 11.8 Å². The molecule has 1 heterocycles. The van der Waals surface area contributed by atoms with Crippen LogP contribution in [0.4, 0.5) is 0 Å². The number of nitrogens with zero attached hydrogens (tertiary/aromatic N) is 3. The Hall–Kier alpha value is -1.78. The van der Waals surface area contributed by atoms with E-state index < -0.39 is 0 Å². The molecule has 1 saturated carbocycles. The number of unbranched alkanes of at least 4 members (excludes halogenated alkanes) is 2. The summed E-state index contributed by atoms with van der Waals surface area (Å²) in [6.45, 7) is 7.83. The molecule has 0 aromatic carbocycles. The number of hydrogen-bond donors (Lipinski definition) is 0. The molecule has 0 atom stereocenters. The maximum atomic E-state index is 13.0. The van der Waals surface area contributed by atoms with Crippen molar-refractivity contribution in [2.24, 2.45) is 13.0 Å². The minimum absolute atomic E-state index is 0.0817. The molecule has 1 aromatic rings. The summed E-state index contributed by atoms with van der Waals surface area (Å²) in [7, 11) is 2.01. The van der Waals surface area contributed by atoms with E-state index in [1.807, 2.05) is 24.2 Å². The number of amides is 2. The molecule has 1 fully saturated rings. The van der Waals surface area contributed by atoms with Gasteiger partial charge in [-0.15, -0.1) is 0 Å². The number of aromatic nitrogens is 1. The highest BCUT2D eigenvalue weighted by Crippen LogP contribution is 2.28. The van der Waals surface area contributed by atoms with Gasteiger partial charge in [0.05, 0.1) is 13.1 Å². The molecule has 0 unspecified atom stereocenters. The van der Waals surface area contributed by atoms with Gasteiger partial charge in [0, 0.05) is 37.9 Å². The Bertz CT molecular complexity index is 590. The van der Waals surface area contributed by atoms with Gasteiger partial charge in [-0.05, 0) is 37.3 Å². The third-order valence-corrected chi connectivity index (χ3v) is 4.95. The van der Waals surface area contributed by atoms with E-state index in [2.05, 4.69) is 31.4 Å². The topological polar surface area (TPSA) is 45.6 Å². The fourth-order valence-electron chi connectivity index (χ4n) is 3.28. The average molecular weight is 362 g/mol. The molecule has 0 aliphatic heterocycles. The van der Waals surface area contributed by atoms with Crippen molar-refractivity contribution in [1.29, 1.82) is 0 Å². The Kier molecular flexibility index (Phi) is 7.73. The van der Waals surface area contributed by atoms with Gasteiger partial charge in [-0.25, -0.2) is 0 Å². The van der Waals surface area contributed by atoms with Crippen molar-refractivity contribution in [1.82, 2.24) is 14.4 Å². The largest absolute Gasteiger partial charge is 0.353 e. The first-order valence-corrected chi connectivity index (χ1v) is 10.1. The number of aryl methyl sites for hydroxylation is 1. The van der Waals surface area contributed by atoms with E-state index in [9.17, 15) is 9.59 Å². The van der Waals surface area contributed by atoms with Crippen LogP contribution in [-0.4, -0.2) is 45.3 Å². The summed E-state index contributed by atoms with van der Waals surface area (Å²) >= 11 is 0. The van der Waals surface area contributed by atoms with Crippen molar-refractivity contribution in [2.75, 3.05) is 13.1 Å². The Morgan fingerprint density at radius 3 is 2.50 bits per heavy atom. The lowest BCUT2D eigenvalue weighted by molar-refractivity contribution is -0.141. The van der Waals surface area contributed by atoms with Gasteiger partial charge in [0.25, 0.3) is 0 Å². The van der Waals surface area contributed by atoms with Crippen molar-refractivity contribution >= 4 is 11.8 Å². The maximum Gasteiger partial charge on any atom is 0.242 e. The van der Waals surface area contributed by atoms with Crippen LogP contribution in [0, 0.1) is 5.92 Å². The van der Waals surface area contributed by atoms with Crippen molar-refractivity contribution in [3.63, 3.8) is 0 Å². The molecule has 0 saturated heterocycles. The molecule has 0 spiro atoms. The molecule has 2 amide bonds. The van der Waals surface area contributed by atoms with Crippen LogP contribution >= 0.6 is 0 Å². The molecule has 2 rings (SSSR count). The summed E-state index contributed by atoms with van der Waals surface area (Å²) in [6, 6.07) is 4.41. The lowest BCUT2D eigenvalue weighted by Gasteiger charge is -2.29. The van der Waals surface area contributed by atoms with Crippen LogP contribution in [0.5, 0.6) is 0 Å². The van der Waals surface area contributed by atoms with Gasteiger partial charge in [-0.1, -0.05) is 33.6 Å². The van der Waals surface area contributed by atoms with E-state index in [1.54, 1.807) is 4.90 Å². The van der Waals surface area contributed by atoms with Crippen LogP contribution in [0.2, 0.25) is 0 Å². The second-order valence-electron chi connectivity index (χ2n) is 7.99. The number of rotatable bonds is 11. The highest BCUT2D eigenvalue weighted by molar-refractivity contribution is 5.85. The van der Waals surface area contributed by atoms with E-state index in [4.69, 9.17) is 0 Å². The SMILES string of the molecule is CCCCCC(=O)N(CC(=O)N(Cc1cccn1C)C1CC1)CC(C)C. The summed E-state index contributed by atoms with van der Waals surface area (Å²) in [5.74, 6) is 0.563. The molecule has 0 N–H and O–H groups in total. The van der Waals surface area contributed by atoms with Crippen LogP contribution in [0.25, 0.3) is 0 Å². The normalized spacial score (nSPS) is 13.9. The van der Waals surface area contributed by atoms with Gasteiger partial charge >= 0.3 is 0 Å². The van der Waals surface area contributed by atoms with E-state index in [-0.39, 0.29) is 18.4 Å². The smallest absolute Gasteiger partial charge is 0.242 e. The first kappa shape index (κ1) is 20.5. The van der Waals surface area contributed by atoms with E-state index in [0.717, 1.165) is 37.8 Å². The Morgan fingerprint density at radius 2 is 1.96 bits per heavy atom. The minimum Gasteiger partial charge on any atom is -0.353 e. The van der Waals surface area contributed by atoms with Crippen LogP contribution in [0.3, 0.4) is 0 Å². The summed E-state index contributed by atoms with van der Waals surface area (Å²) in [5, 5.41) is 0. The zero-order chi connectivity index (χ0) is 19.1. The fourth-order valence-corrected chi connectivity index (χ4v) is 3.28. The molecule has 5 heteroatoms. The van der Waals surface area contributed by atoms with Gasteiger partial charge in [-0.3, -0.25) is 9.59 Å². The Balaban J connectivity index is 2.00. The van der Waals surface area contributed by atoms with Gasteiger partial charge in [0.1, 0.15) is 0 Å². The standard InChI is InChI=1S/C21H35N3O2/c1-5-6-7-10-20(25)23(14-17(2)3)16-21(26)24(18-11-12-18)15-19-9-8-13-22(19)4/h8-9,13,17-18H,5-7,10-12,14-16H2,1-4H3. The predicted octanol–water partition coefficient (Wildman–Crippen LogP) is 3.58. The monoisotopic (exact) mass is 361 g/mol. The van der Waals surface area contributed by atoms with Crippen LogP contribution < -0.4 is 0 Å². The van der Waals surface area contributed by atoms with Crippen LogP contribution in [0.15, 0.2) is 18.3 Å². The summed E-state index contributed by atoms with van der Waals surface area (Å²) in [5.41, 5.74) is 1.13. The molecule has 1 aliphatic rings. The number of carbonyl (C=O) groups excluding carboxylic acids is 2. The molecule has 26 heavy (non-hydrogen) atoms. The first-order chi connectivity index (χ1) is 12.4. The molecule has 5 nitrogen and oxygen atoms in total. The zero-order valence-corrected chi connectivity index (χ0v) is 16.9. The zero-order valence-electron chi connectivity index (χ0n) is 16.9. The summed E-state index contributed by atoms with van der Waals surface area (Å²) in [6.07, 6.45) is 7.78. The number of hydrogen-bond acceptors (Lipinski definition) is 2. The van der Waals surface area contributed by atoms with E-state index in [0.29, 0.717) is 31.5 Å². The maximum absolute atomic E-state index is 13.0. The predicted molar refractivity (Wildman–Crippen MR) is 105 cm³/mol. The second kappa shape index (κ2) is 9.79. The van der Waals surface area contributed by atoms with Gasteiger partial charge in [0.15, 0.2) is 0 Å². The van der Waals surface area contributed by atoms with Crippen molar-refractivity contribution < 1.29 is 9.59 Å². The van der Waals surface area contributed by atoms with Gasteiger partial charge < -0.3 is 14.4 Å². The van der Waals surface area contributed by atoms with E-state index in [1.165, 1.54) is 0 Å². The molecule has 1 aromatic heterocycles. The molecule has 0 bridgehead atoms. The van der Waals surface area contributed by atoms with E-state index >= 15 is 0 Å². The first-order valence-electron chi connectivity index (χ1n) is 10.1. The lowest BCUT2D eigenvalue weighted by Crippen LogP contribution is -2.45. The Labute approximate surface area is 158 Å². The molecular weight excluding hydrogens is 326 g/mol. The fraction of sp³-hybridized carbons (Fsp3) is 0.714. The highest BCUT2D eigenvalue weighted by atomic mass is 16.2. The lowest BCUT2D eigenvalue weighted by atomic mass is 10.1. The van der Waals surface area contributed by atoms with Gasteiger partial charge in [-0.2, -0.15) is 0 Å². The molecule has 1 aliphatic carbocycles. The molecule has 146 valence electrons.